The van der Waals surface area contributed by atoms with Crippen molar-refractivity contribution in [2.24, 2.45) is 0 Å². The lowest BCUT2D eigenvalue weighted by Crippen LogP contribution is -2.28. The first kappa shape index (κ1) is 13.8. The summed E-state index contributed by atoms with van der Waals surface area (Å²) >= 11 is 0. The molecule has 1 aliphatic heterocycles. The van der Waals surface area contributed by atoms with E-state index in [4.69, 9.17) is 0 Å². The number of hydrogen-bond donors (Lipinski definition) is 2. The number of H-pyrrole nitrogens is 1. The second-order valence-corrected chi connectivity index (χ2v) is 3.51. The molecule has 3 nitrogen and oxygen atoms in total. The Bertz CT molecular complexity index is 256. The van der Waals surface area contributed by atoms with E-state index >= 15 is 0 Å². The molecular weight excluding hydrogens is 221 g/mol. The van der Waals surface area contributed by atoms with Crippen molar-refractivity contribution in [3.8, 4) is 0 Å². The van der Waals surface area contributed by atoms with Crippen LogP contribution in [-0.2, 0) is 0 Å². The molecule has 1 aliphatic rings. The third kappa shape index (κ3) is 2.87. The van der Waals surface area contributed by atoms with Crippen molar-refractivity contribution in [2.75, 3.05) is 13.1 Å². The maximum atomic E-state index is 4.04. The van der Waals surface area contributed by atoms with E-state index in [1.807, 2.05) is 6.20 Å². The molecule has 2 heterocycles. The van der Waals surface area contributed by atoms with Gasteiger partial charge in [-0.15, -0.1) is 24.8 Å². The largest absolute Gasteiger partial charge is 0.316 e. The highest BCUT2D eigenvalue weighted by molar-refractivity contribution is 5.85. The molecule has 2 N–H and O–H groups in total. The normalized spacial score (nSPS) is 20.8. The van der Waals surface area contributed by atoms with Crippen molar-refractivity contribution >= 4 is 24.8 Å². The summed E-state index contributed by atoms with van der Waals surface area (Å²) in [5.41, 5.74) is 2.62. The third-order valence-electron chi connectivity index (χ3n) is 2.57. The minimum atomic E-state index is 0. The number of aromatic nitrogens is 2. The summed E-state index contributed by atoms with van der Waals surface area (Å²) < 4.78 is 0. The third-order valence-corrected chi connectivity index (χ3v) is 2.57. The number of hydrogen-bond acceptors (Lipinski definition) is 2. The average Bonchev–Trinajstić information content (AvgIpc) is 2.53. The predicted molar refractivity (Wildman–Crippen MR) is 62.7 cm³/mol. The minimum Gasteiger partial charge on any atom is -0.316 e. The molecule has 0 radical (unpaired) electrons. The van der Waals surface area contributed by atoms with E-state index in [-0.39, 0.29) is 24.8 Å². The van der Waals surface area contributed by atoms with Gasteiger partial charge in [-0.05, 0) is 31.9 Å². The van der Waals surface area contributed by atoms with E-state index in [0.717, 1.165) is 6.54 Å². The van der Waals surface area contributed by atoms with Gasteiger partial charge in [-0.1, -0.05) is 0 Å². The molecule has 1 atom stereocenters. The highest BCUT2D eigenvalue weighted by Gasteiger charge is 2.17. The van der Waals surface area contributed by atoms with Crippen LogP contribution in [0.25, 0.3) is 0 Å². The molecule has 82 valence electrons. The molecule has 5 heteroatoms. The highest BCUT2D eigenvalue weighted by atomic mass is 35.5. The Hall–Kier alpha value is -0.250. The van der Waals surface area contributed by atoms with Crippen LogP contribution in [-0.4, -0.2) is 23.3 Å². The summed E-state index contributed by atoms with van der Waals surface area (Å²) in [6, 6.07) is 0. The Morgan fingerprint density at radius 3 is 2.71 bits per heavy atom. The lowest BCUT2D eigenvalue weighted by atomic mass is 9.94. The molecule has 1 saturated heterocycles. The molecule has 0 saturated carbocycles. The van der Waals surface area contributed by atoms with Crippen LogP contribution in [0.4, 0.5) is 0 Å². The SMILES string of the molecule is Cc1cn[nH]c1C1CCCNC1.Cl.Cl. The van der Waals surface area contributed by atoms with Crippen LogP contribution in [0.15, 0.2) is 6.20 Å². The van der Waals surface area contributed by atoms with E-state index in [0.29, 0.717) is 5.92 Å². The molecule has 1 aromatic rings. The first-order valence-corrected chi connectivity index (χ1v) is 4.58. The maximum absolute atomic E-state index is 4.04. The number of nitrogens with zero attached hydrogens (tertiary/aromatic N) is 1. The van der Waals surface area contributed by atoms with Crippen LogP contribution in [0.1, 0.15) is 30.0 Å². The molecule has 1 unspecified atom stereocenters. The van der Waals surface area contributed by atoms with Gasteiger partial charge in [0.25, 0.3) is 0 Å². The van der Waals surface area contributed by atoms with Crippen molar-refractivity contribution in [3.63, 3.8) is 0 Å². The zero-order valence-corrected chi connectivity index (χ0v) is 9.88. The topological polar surface area (TPSA) is 40.7 Å². The van der Waals surface area contributed by atoms with Crippen LogP contribution < -0.4 is 5.32 Å². The van der Waals surface area contributed by atoms with Gasteiger partial charge in [0.05, 0.1) is 6.20 Å². The van der Waals surface area contributed by atoms with Gasteiger partial charge in [0, 0.05) is 18.2 Å². The first-order valence-electron chi connectivity index (χ1n) is 4.58. The van der Waals surface area contributed by atoms with Gasteiger partial charge in [-0.25, -0.2) is 0 Å². The Labute approximate surface area is 96.9 Å². The van der Waals surface area contributed by atoms with Crippen molar-refractivity contribution in [3.05, 3.63) is 17.5 Å². The van der Waals surface area contributed by atoms with E-state index in [1.165, 1.54) is 30.6 Å². The fourth-order valence-electron chi connectivity index (χ4n) is 1.87. The van der Waals surface area contributed by atoms with E-state index in [1.54, 1.807) is 0 Å². The second kappa shape index (κ2) is 6.27. The lowest BCUT2D eigenvalue weighted by Gasteiger charge is -2.21. The average molecular weight is 238 g/mol. The molecule has 2 rings (SSSR count). The molecular formula is C9H17Cl2N3. The van der Waals surface area contributed by atoms with Crippen LogP contribution in [0, 0.1) is 6.92 Å². The number of nitrogens with one attached hydrogen (secondary N) is 2. The van der Waals surface area contributed by atoms with Crippen LogP contribution in [0.3, 0.4) is 0 Å². The molecule has 1 aromatic heterocycles. The van der Waals surface area contributed by atoms with Gasteiger partial charge in [-0.3, -0.25) is 5.10 Å². The molecule has 14 heavy (non-hydrogen) atoms. The van der Waals surface area contributed by atoms with Gasteiger partial charge < -0.3 is 5.32 Å². The standard InChI is InChI=1S/C9H15N3.2ClH/c1-7-5-11-12-9(7)8-3-2-4-10-6-8;;/h5,8,10H,2-4,6H2,1H3,(H,11,12);2*1H. The Balaban J connectivity index is 0.000000845. The first-order chi connectivity index (χ1) is 5.88. The van der Waals surface area contributed by atoms with E-state index < -0.39 is 0 Å². The smallest absolute Gasteiger partial charge is 0.0519 e. The van der Waals surface area contributed by atoms with E-state index in [9.17, 15) is 0 Å². The summed E-state index contributed by atoms with van der Waals surface area (Å²) in [5.74, 6) is 0.654. The number of aromatic amines is 1. The molecule has 0 aromatic carbocycles. The quantitative estimate of drug-likeness (QED) is 0.785. The van der Waals surface area contributed by atoms with Gasteiger partial charge >= 0.3 is 0 Å². The Morgan fingerprint density at radius 2 is 2.21 bits per heavy atom. The Kier molecular flexibility index (Phi) is 6.16. The fraction of sp³-hybridized carbons (Fsp3) is 0.667. The molecule has 1 fully saturated rings. The summed E-state index contributed by atoms with van der Waals surface area (Å²) in [6.07, 6.45) is 4.48. The zero-order valence-electron chi connectivity index (χ0n) is 8.25. The number of aryl methyl sites for hydroxylation is 1. The number of piperidine rings is 1. The van der Waals surface area contributed by atoms with Crippen molar-refractivity contribution in [1.29, 1.82) is 0 Å². The van der Waals surface area contributed by atoms with Crippen molar-refractivity contribution < 1.29 is 0 Å². The Morgan fingerprint density at radius 1 is 1.43 bits per heavy atom. The molecule has 0 amide bonds. The second-order valence-electron chi connectivity index (χ2n) is 3.51. The molecule has 0 bridgehead atoms. The summed E-state index contributed by atoms with van der Waals surface area (Å²) in [5, 5.41) is 10.5. The zero-order chi connectivity index (χ0) is 8.39. The summed E-state index contributed by atoms with van der Waals surface area (Å²) in [6.45, 7) is 4.39. The summed E-state index contributed by atoms with van der Waals surface area (Å²) in [4.78, 5) is 0. The molecule has 0 spiro atoms. The molecule has 0 aliphatic carbocycles. The van der Waals surface area contributed by atoms with Crippen molar-refractivity contribution in [1.82, 2.24) is 15.5 Å². The van der Waals surface area contributed by atoms with Gasteiger partial charge in [0.1, 0.15) is 0 Å². The monoisotopic (exact) mass is 237 g/mol. The van der Waals surface area contributed by atoms with Crippen LogP contribution >= 0.6 is 24.8 Å². The van der Waals surface area contributed by atoms with Crippen molar-refractivity contribution in [2.45, 2.75) is 25.7 Å². The minimum absolute atomic E-state index is 0. The predicted octanol–water partition coefficient (Wildman–Crippen LogP) is 2.03. The van der Waals surface area contributed by atoms with E-state index in [2.05, 4.69) is 22.4 Å². The fourth-order valence-corrected chi connectivity index (χ4v) is 1.87. The number of rotatable bonds is 1. The maximum Gasteiger partial charge on any atom is 0.0519 e. The van der Waals surface area contributed by atoms with Gasteiger partial charge in [0.15, 0.2) is 0 Å². The number of halogens is 2. The van der Waals surface area contributed by atoms with Gasteiger partial charge in [0.2, 0.25) is 0 Å². The van der Waals surface area contributed by atoms with Crippen LogP contribution in [0.5, 0.6) is 0 Å². The van der Waals surface area contributed by atoms with Crippen LogP contribution in [0.2, 0.25) is 0 Å². The van der Waals surface area contributed by atoms with Gasteiger partial charge in [-0.2, -0.15) is 5.10 Å². The lowest BCUT2D eigenvalue weighted by molar-refractivity contribution is 0.453. The highest BCUT2D eigenvalue weighted by Crippen LogP contribution is 2.23. The summed E-state index contributed by atoms with van der Waals surface area (Å²) in [7, 11) is 0.